The average Bonchev–Trinajstić information content (AvgIpc) is 3.04. The van der Waals surface area contributed by atoms with Gasteiger partial charge in [-0.15, -0.1) is 0 Å². The van der Waals surface area contributed by atoms with E-state index in [1.165, 1.54) is 12.8 Å². The van der Waals surface area contributed by atoms with Gasteiger partial charge in [0.25, 0.3) is 0 Å². The molecule has 0 radical (unpaired) electrons. The summed E-state index contributed by atoms with van der Waals surface area (Å²) >= 11 is 0. The van der Waals surface area contributed by atoms with Crippen molar-refractivity contribution in [3.63, 3.8) is 0 Å². The quantitative estimate of drug-likeness (QED) is 0.591. The standard InChI is InChI=1S/C25H29NO5/c1-16-18-9-10-21(27)20(15-26-12-6-4-5-7-13-26)24(18)31-25(28)23(16)19-14-17(29-2)8-11-22(19)30-3/h8-11,14,27H,4-7,12-13,15H2,1-3H3. The van der Waals surface area contributed by atoms with Crippen LogP contribution in [0.3, 0.4) is 0 Å². The fourth-order valence-electron chi connectivity index (χ4n) is 4.45. The zero-order valence-corrected chi connectivity index (χ0v) is 18.4. The van der Waals surface area contributed by atoms with Gasteiger partial charge < -0.3 is 19.0 Å². The Morgan fingerprint density at radius 1 is 1.03 bits per heavy atom. The first kappa shape index (κ1) is 21.2. The molecule has 2 heterocycles. The molecule has 1 saturated heterocycles. The molecule has 2 aromatic carbocycles. The van der Waals surface area contributed by atoms with Gasteiger partial charge in [0.15, 0.2) is 0 Å². The van der Waals surface area contributed by atoms with Crippen LogP contribution in [0.4, 0.5) is 0 Å². The topological polar surface area (TPSA) is 72.1 Å². The van der Waals surface area contributed by atoms with Crippen molar-refractivity contribution in [2.24, 2.45) is 0 Å². The van der Waals surface area contributed by atoms with Crippen LogP contribution in [0.1, 0.15) is 36.8 Å². The van der Waals surface area contributed by atoms with Gasteiger partial charge in [0.1, 0.15) is 22.8 Å². The van der Waals surface area contributed by atoms with E-state index in [0.29, 0.717) is 40.3 Å². The number of benzene rings is 2. The lowest BCUT2D eigenvalue weighted by Gasteiger charge is -2.21. The molecule has 6 heteroatoms. The van der Waals surface area contributed by atoms with Crippen molar-refractivity contribution >= 4 is 11.0 Å². The fourth-order valence-corrected chi connectivity index (χ4v) is 4.45. The predicted molar refractivity (Wildman–Crippen MR) is 121 cm³/mol. The highest BCUT2D eigenvalue weighted by Crippen LogP contribution is 2.37. The Morgan fingerprint density at radius 2 is 1.77 bits per heavy atom. The molecule has 3 aromatic rings. The first-order valence-electron chi connectivity index (χ1n) is 10.8. The van der Waals surface area contributed by atoms with E-state index in [1.807, 2.05) is 13.0 Å². The normalized spacial score (nSPS) is 15.1. The number of nitrogens with zero attached hydrogens (tertiary/aromatic N) is 1. The van der Waals surface area contributed by atoms with E-state index in [-0.39, 0.29) is 5.75 Å². The van der Waals surface area contributed by atoms with Gasteiger partial charge in [-0.05, 0) is 68.8 Å². The highest BCUT2D eigenvalue weighted by molar-refractivity contribution is 5.91. The molecule has 0 bridgehead atoms. The largest absolute Gasteiger partial charge is 0.507 e. The van der Waals surface area contributed by atoms with Gasteiger partial charge in [-0.1, -0.05) is 12.8 Å². The SMILES string of the molecule is COc1ccc(OC)c(-c2c(C)c3ccc(O)c(CN4CCCCCC4)c3oc2=O)c1. The molecule has 1 aliphatic rings. The van der Waals surface area contributed by atoms with Crippen molar-refractivity contribution < 1.29 is 19.0 Å². The van der Waals surface area contributed by atoms with Crippen molar-refractivity contribution in [1.29, 1.82) is 0 Å². The maximum atomic E-state index is 13.2. The highest BCUT2D eigenvalue weighted by atomic mass is 16.5. The van der Waals surface area contributed by atoms with Crippen molar-refractivity contribution in [1.82, 2.24) is 4.90 Å². The molecule has 1 N–H and O–H groups in total. The van der Waals surface area contributed by atoms with Gasteiger partial charge in [0.05, 0.1) is 25.3 Å². The van der Waals surface area contributed by atoms with E-state index in [4.69, 9.17) is 13.9 Å². The third-order valence-electron chi connectivity index (χ3n) is 6.17. The van der Waals surface area contributed by atoms with Crippen LogP contribution in [0.2, 0.25) is 0 Å². The minimum Gasteiger partial charge on any atom is -0.507 e. The van der Waals surface area contributed by atoms with Gasteiger partial charge in [0, 0.05) is 17.5 Å². The highest BCUT2D eigenvalue weighted by Gasteiger charge is 2.22. The Morgan fingerprint density at radius 3 is 2.45 bits per heavy atom. The second-order valence-corrected chi connectivity index (χ2v) is 8.09. The Bertz CT molecular complexity index is 1140. The van der Waals surface area contributed by atoms with Gasteiger partial charge in [-0.3, -0.25) is 4.90 Å². The zero-order valence-electron chi connectivity index (χ0n) is 18.4. The molecule has 4 rings (SSSR count). The van der Waals surface area contributed by atoms with E-state index in [9.17, 15) is 9.90 Å². The van der Waals surface area contributed by atoms with Crippen LogP contribution >= 0.6 is 0 Å². The van der Waals surface area contributed by atoms with E-state index >= 15 is 0 Å². The second kappa shape index (κ2) is 9.02. The van der Waals surface area contributed by atoms with Crippen molar-refractivity contribution in [2.45, 2.75) is 39.2 Å². The van der Waals surface area contributed by atoms with Crippen LogP contribution in [0.25, 0.3) is 22.1 Å². The molecular formula is C25H29NO5. The molecule has 0 unspecified atom stereocenters. The summed E-state index contributed by atoms with van der Waals surface area (Å²) in [7, 11) is 3.15. The van der Waals surface area contributed by atoms with Crippen molar-refractivity contribution in [3.05, 3.63) is 51.9 Å². The number of fused-ring (bicyclic) bond motifs is 1. The number of hydrogen-bond acceptors (Lipinski definition) is 6. The van der Waals surface area contributed by atoms with Crippen LogP contribution in [-0.2, 0) is 6.54 Å². The average molecular weight is 424 g/mol. The van der Waals surface area contributed by atoms with E-state index < -0.39 is 5.63 Å². The monoisotopic (exact) mass is 423 g/mol. The Kier molecular flexibility index (Phi) is 6.18. The molecule has 31 heavy (non-hydrogen) atoms. The van der Waals surface area contributed by atoms with Gasteiger partial charge in [0.2, 0.25) is 0 Å². The van der Waals surface area contributed by atoms with Crippen LogP contribution in [-0.4, -0.2) is 37.3 Å². The molecule has 0 atom stereocenters. The minimum absolute atomic E-state index is 0.158. The number of methoxy groups -OCH3 is 2. The number of hydrogen-bond donors (Lipinski definition) is 1. The molecule has 164 valence electrons. The van der Waals surface area contributed by atoms with E-state index in [0.717, 1.165) is 36.9 Å². The van der Waals surface area contributed by atoms with E-state index in [1.54, 1.807) is 38.5 Å². The number of ether oxygens (including phenoxy) is 2. The van der Waals surface area contributed by atoms with Crippen LogP contribution in [0.15, 0.2) is 39.5 Å². The molecule has 1 aromatic heterocycles. The van der Waals surface area contributed by atoms with Crippen molar-refractivity contribution in [2.75, 3.05) is 27.3 Å². The third kappa shape index (κ3) is 4.12. The van der Waals surface area contributed by atoms with Gasteiger partial charge in [-0.2, -0.15) is 0 Å². The molecule has 0 spiro atoms. The lowest BCUT2D eigenvalue weighted by molar-refractivity contribution is 0.272. The Hall–Kier alpha value is -2.99. The second-order valence-electron chi connectivity index (χ2n) is 8.09. The predicted octanol–water partition coefficient (Wildman–Crippen LogP) is 4.87. The number of likely N-dealkylation sites (tertiary alicyclic amines) is 1. The number of phenolic OH excluding ortho intramolecular Hbond substituents is 1. The maximum absolute atomic E-state index is 13.2. The summed E-state index contributed by atoms with van der Waals surface area (Å²) < 4.78 is 16.7. The van der Waals surface area contributed by atoms with Gasteiger partial charge >= 0.3 is 5.63 Å². The lowest BCUT2D eigenvalue weighted by atomic mass is 9.97. The summed E-state index contributed by atoms with van der Waals surface area (Å²) in [6.07, 6.45) is 4.76. The number of phenols is 1. The summed E-state index contributed by atoms with van der Waals surface area (Å²) in [6, 6.07) is 8.85. The number of aryl methyl sites for hydroxylation is 1. The molecule has 0 aliphatic carbocycles. The molecule has 1 fully saturated rings. The molecule has 1 aliphatic heterocycles. The minimum atomic E-state index is -0.459. The molecule has 6 nitrogen and oxygen atoms in total. The summed E-state index contributed by atoms with van der Waals surface area (Å²) in [5.41, 5.74) is 2.52. The first-order chi connectivity index (χ1) is 15.0. The summed E-state index contributed by atoms with van der Waals surface area (Å²) in [4.78, 5) is 15.5. The Balaban J connectivity index is 1.87. The van der Waals surface area contributed by atoms with Crippen LogP contribution in [0.5, 0.6) is 17.2 Å². The van der Waals surface area contributed by atoms with Gasteiger partial charge in [-0.25, -0.2) is 4.79 Å². The Labute approximate surface area is 182 Å². The van der Waals surface area contributed by atoms with Crippen LogP contribution < -0.4 is 15.1 Å². The summed E-state index contributed by atoms with van der Waals surface area (Å²) in [5.74, 6) is 1.35. The maximum Gasteiger partial charge on any atom is 0.344 e. The fraction of sp³-hybridized carbons (Fsp3) is 0.400. The van der Waals surface area contributed by atoms with Crippen LogP contribution in [0, 0.1) is 6.92 Å². The number of rotatable bonds is 5. The molecular weight excluding hydrogens is 394 g/mol. The smallest absolute Gasteiger partial charge is 0.344 e. The van der Waals surface area contributed by atoms with E-state index in [2.05, 4.69) is 4.90 Å². The first-order valence-corrected chi connectivity index (χ1v) is 10.8. The lowest BCUT2D eigenvalue weighted by Crippen LogP contribution is -2.24. The molecule has 0 amide bonds. The number of aromatic hydroxyl groups is 1. The summed E-state index contributed by atoms with van der Waals surface area (Å²) in [6.45, 7) is 4.43. The summed E-state index contributed by atoms with van der Waals surface area (Å²) in [5, 5.41) is 11.4. The zero-order chi connectivity index (χ0) is 22.0. The third-order valence-corrected chi connectivity index (χ3v) is 6.17. The van der Waals surface area contributed by atoms with Crippen molar-refractivity contribution in [3.8, 4) is 28.4 Å². The molecule has 0 saturated carbocycles.